The van der Waals surface area contributed by atoms with E-state index in [0.717, 1.165) is 39.5 Å². The van der Waals surface area contributed by atoms with Gasteiger partial charge in [0, 0.05) is 48.9 Å². The average Bonchev–Trinajstić information content (AvgIpc) is 2.79. The molecular weight excluding hydrogens is 477 g/mol. The van der Waals surface area contributed by atoms with Crippen molar-refractivity contribution >= 4 is 66.0 Å². The quantitative estimate of drug-likeness (QED) is 0.252. The SMILES string of the molecule is CS(=O)(=O)c1cccc2cccc(NCCNCCNc3c(Cl)ccc4cccc(Cl)c34)c12. The topological polar surface area (TPSA) is 70.2 Å². The molecule has 0 bridgehead atoms. The van der Waals surface area contributed by atoms with Crippen LogP contribution >= 0.6 is 23.2 Å². The van der Waals surface area contributed by atoms with Crippen molar-refractivity contribution in [2.45, 2.75) is 4.90 Å². The molecule has 3 N–H and O–H groups in total. The molecule has 0 spiro atoms. The van der Waals surface area contributed by atoms with E-state index in [1.165, 1.54) is 6.26 Å². The fourth-order valence-electron chi connectivity index (χ4n) is 3.93. The summed E-state index contributed by atoms with van der Waals surface area (Å²) < 4.78 is 24.5. The Bertz CT molecular complexity index is 1400. The molecule has 0 aliphatic carbocycles. The zero-order valence-electron chi connectivity index (χ0n) is 18.2. The van der Waals surface area contributed by atoms with Crippen LogP contribution in [-0.4, -0.2) is 40.9 Å². The van der Waals surface area contributed by atoms with Gasteiger partial charge in [-0.25, -0.2) is 8.42 Å². The number of benzene rings is 4. The first-order valence-corrected chi connectivity index (χ1v) is 13.3. The van der Waals surface area contributed by atoms with Crippen LogP contribution in [0.25, 0.3) is 21.5 Å². The minimum atomic E-state index is -3.33. The van der Waals surface area contributed by atoms with Crippen molar-refractivity contribution < 1.29 is 8.42 Å². The van der Waals surface area contributed by atoms with Gasteiger partial charge in [-0.15, -0.1) is 0 Å². The van der Waals surface area contributed by atoms with Gasteiger partial charge >= 0.3 is 0 Å². The Morgan fingerprint density at radius 1 is 0.697 bits per heavy atom. The van der Waals surface area contributed by atoms with Gasteiger partial charge in [-0.2, -0.15) is 0 Å². The van der Waals surface area contributed by atoms with Crippen molar-refractivity contribution in [2.24, 2.45) is 0 Å². The molecule has 4 aromatic rings. The van der Waals surface area contributed by atoms with Crippen molar-refractivity contribution in [1.29, 1.82) is 0 Å². The summed E-state index contributed by atoms with van der Waals surface area (Å²) in [6.45, 7) is 2.76. The van der Waals surface area contributed by atoms with Gasteiger partial charge in [0.2, 0.25) is 0 Å². The maximum absolute atomic E-state index is 12.2. The molecule has 5 nitrogen and oxygen atoms in total. The Labute approximate surface area is 204 Å². The van der Waals surface area contributed by atoms with Crippen LogP contribution in [0.2, 0.25) is 10.0 Å². The standard InChI is InChI=1S/C25H25Cl2N3O2S/c1-33(31,32)22-10-4-7-17-6-3-9-21(24(17)22)29-15-13-28-14-16-30-25-20(27)12-11-18-5-2-8-19(26)23(18)25/h2-12,28-30H,13-16H2,1H3. The first-order valence-electron chi connectivity index (χ1n) is 10.6. The normalized spacial score (nSPS) is 11.7. The number of sulfone groups is 1. The van der Waals surface area contributed by atoms with E-state index in [9.17, 15) is 8.42 Å². The predicted molar refractivity (Wildman–Crippen MR) is 141 cm³/mol. The summed E-state index contributed by atoms with van der Waals surface area (Å²) in [6, 6.07) is 20.7. The van der Waals surface area contributed by atoms with Crippen LogP contribution in [0.5, 0.6) is 0 Å². The van der Waals surface area contributed by atoms with Crippen molar-refractivity contribution in [3.63, 3.8) is 0 Å². The monoisotopic (exact) mass is 501 g/mol. The van der Waals surface area contributed by atoms with Crippen LogP contribution in [0.15, 0.2) is 71.6 Å². The third-order valence-electron chi connectivity index (χ3n) is 5.43. The molecule has 172 valence electrons. The fraction of sp³-hybridized carbons (Fsp3) is 0.200. The van der Waals surface area contributed by atoms with Gasteiger partial charge in [-0.3, -0.25) is 0 Å². The second-order valence-electron chi connectivity index (χ2n) is 7.80. The summed E-state index contributed by atoms with van der Waals surface area (Å²) in [6.07, 6.45) is 1.24. The van der Waals surface area contributed by atoms with E-state index in [-0.39, 0.29) is 0 Å². The minimum Gasteiger partial charge on any atom is -0.383 e. The number of rotatable bonds is 9. The maximum atomic E-state index is 12.2. The Kier molecular flexibility index (Phi) is 7.29. The molecule has 4 rings (SSSR count). The van der Waals surface area contributed by atoms with Gasteiger partial charge in [0.25, 0.3) is 0 Å². The molecule has 0 saturated carbocycles. The lowest BCUT2D eigenvalue weighted by molar-refractivity contribution is 0.602. The van der Waals surface area contributed by atoms with E-state index in [2.05, 4.69) is 16.0 Å². The van der Waals surface area contributed by atoms with E-state index in [0.29, 0.717) is 34.6 Å². The molecule has 4 aromatic carbocycles. The molecule has 0 atom stereocenters. The van der Waals surface area contributed by atoms with Crippen LogP contribution in [0.1, 0.15) is 0 Å². The molecule has 0 fully saturated rings. The van der Waals surface area contributed by atoms with Crippen LogP contribution in [-0.2, 0) is 9.84 Å². The molecule has 0 aliphatic heterocycles. The van der Waals surface area contributed by atoms with E-state index in [1.54, 1.807) is 12.1 Å². The largest absolute Gasteiger partial charge is 0.383 e. The number of nitrogens with one attached hydrogen (secondary N) is 3. The van der Waals surface area contributed by atoms with Gasteiger partial charge in [-0.1, -0.05) is 65.7 Å². The summed E-state index contributed by atoms with van der Waals surface area (Å²) in [5.74, 6) is 0. The number of fused-ring (bicyclic) bond motifs is 2. The van der Waals surface area contributed by atoms with Gasteiger partial charge in [0.1, 0.15) is 0 Å². The third-order valence-corrected chi connectivity index (χ3v) is 7.20. The number of hydrogen-bond donors (Lipinski definition) is 3. The molecule has 0 radical (unpaired) electrons. The second kappa shape index (κ2) is 10.2. The summed E-state index contributed by atoms with van der Waals surface area (Å²) >= 11 is 12.8. The van der Waals surface area contributed by atoms with Gasteiger partial charge in [-0.05, 0) is 35.0 Å². The third kappa shape index (κ3) is 5.36. The fourth-order valence-corrected chi connectivity index (χ4v) is 5.36. The summed E-state index contributed by atoms with van der Waals surface area (Å²) in [5.41, 5.74) is 1.65. The summed E-state index contributed by atoms with van der Waals surface area (Å²) in [5, 5.41) is 15.0. The van der Waals surface area contributed by atoms with Crippen LogP contribution in [0.3, 0.4) is 0 Å². The van der Waals surface area contributed by atoms with E-state index in [4.69, 9.17) is 23.2 Å². The Morgan fingerprint density at radius 2 is 1.33 bits per heavy atom. The molecule has 0 amide bonds. The first-order chi connectivity index (χ1) is 15.9. The lowest BCUT2D eigenvalue weighted by atomic mass is 10.1. The van der Waals surface area contributed by atoms with Crippen LogP contribution < -0.4 is 16.0 Å². The Balaban J connectivity index is 1.33. The second-order valence-corrected chi connectivity index (χ2v) is 10.6. The van der Waals surface area contributed by atoms with Crippen LogP contribution in [0, 0.1) is 0 Å². The highest BCUT2D eigenvalue weighted by molar-refractivity contribution is 7.91. The molecule has 8 heteroatoms. The predicted octanol–water partition coefficient (Wildman–Crippen LogP) is 5.82. The van der Waals surface area contributed by atoms with Gasteiger partial charge in [0.15, 0.2) is 9.84 Å². The Hall–Kier alpha value is -2.51. The molecule has 0 heterocycles. The lowest BCUT2D eigenvalue weighted by Gasteiger charge is -2.15. The molecule has 0 saturated heterocycles. The number of halogens is 2. The van der Waals surface area contributed by atoms with Crippen molar-refractivity contribution in [3.05, 3.63) is 76.8 Å². The maximum Gasteiger partial charge on any atom is 0.176 e. The zero-order valence-corrected chi connectivity index (χ0v) is 20.5. The van der Waals surface area contributed by atoms with E-state index >= 15 is 0 Å². The molecule has 0 aromatic heterocycles. The molecule has 0 unspecified atom stereocenters. The lowest BCUT2D eigenvalue weighted by Crippen LogP contribution is -2.27. The van der Waals surface area contributed by atoms with Crippen LogP contribution in [0.4, 0.5) is 11.4 Å². The van der Waals surface area contributed by atoms with Crippen molar-refractivity contribution in [3.8, 4) is 0 Å². The van der Waals surface area contributed by atoms with Gasteiger partial charge in [0.05, 0.1) is 20.6 Å². The van der Waals surface area contributed by atoms with E-state index < -0.39 is 9.84 Å². The van der Waals surface area contributed by atoms with Crippen molar-refractivity contribution in [1.82, 2.24) is 5.32 Å². The highest BCUT2D eigenvalue weighted by Crippen LogP contribution is 2.35. The number of anilines is 2. The van der Waals surface area contributed by atoms with Gasteiger partial charge < -0.3 is 16.0 Å². The smallest absolute Gasteiger partial charge is 0.176 e. The van der Waals surface area contributed by atoms with E-state index in [1.807, 2.05) is 54.6 Å². The highest BCUT2D eigenvalue weighted by Gasteiger charge is 2.14. The Morgan fingerprint density at radius 3 is 2.06 bits per heavy atom. The average molecular weight is 502 g/mol. The highest BCUT2D eigenvalue weighted by atomic mass is 35.5. The minimum absolute atomic E-state index is 0.339. The molecule has 0 aliphatic rings. The first kappa shape index (κ1) is 23.6. The zero-order chi connectivity index (χ0) is 23.4. The molecular formula is C25H25Cl2N3O2S. The number of hydrogen-bond acceptors (Lipinski definition) is 5. The summed E-state index contributed by atoms with van der Waals surface area (Å²) in [7, 11) is -3.33. The molecule has 33 heavy (non-hydrogen) atoms. The van der Waals surface area contributed by atoms with Crippen molar-refractivity contribution in [2.75, 3.05) is 43.1 Å². The summed E-state index contributed by atoms with van der Waals surface area (Å²) in [4.78, 5) is 0.339.